The SMILES string of the molecule is CCCN1C(N2CCN(c3cccc(F)c3)CC2)C2(OCCO2)c2ccccc2S1(=O)=O. The second-order valence-corrected chi connectivity index (χ2v) is 10.2. The average molecular weight is 462 g/mol. The van der Waals surface area contributed by atoms with Crippen molar-refractivity contribution in [2.24, 2.45) is 0 Å². The van der Waals surface area contributed by atoms with Crippen LogP contribution in [0.25, 0.3) is 0 Å². The van der Waals surface area contributed by atoms with Gasteiger partial charge in [-0.1, -0.05) is 31.2 Å². The molecule has 3 aliphatic rings. The molecule has 0 bridgehead atoms. The first-order chi connectivity index (χ1) is 15.5. The molecule has 172 valence electrons. The number of nitrogens with zero attached hydrogens (tertiary/aromatic N) is 3. The molecule has 5 rings (SSSR count). The summed E-state index contributed by atoms with van der Waals surface area (Å²) in [5, 5.41) is 0. The van der Waals surface area contributed by atoms with Crippen LogP contribution < -0.4 is 4.90 Å². The molecule has 3 aliphatic heterocycles. The van der Waals surface area contributed by atoms with Gasteiger partial charge in [0.1, 0.15) is 12.0 Å². The van der Waals surface area contributed by atoms with Crippen LogP contribution in [0.4, 0.5) is 10.1 Å². The second-order valence-electron chi connectivity index (χ2n) is 8.35. The first-order valence-electron chi connectivity index (χ1n) is 11.1. The standard InChI is InChI=1S/C23H28FN3O4S/c1-2-10-27-22(26-13-11-25(12-14-26)19-7-5-6-18(24)17-19)23(30-15-16-31-23)20-8-3-4-9-21(20)32(27,28)29/h3-9,17,22H,2,10-16H2,1H3. The Bertz CT molecular complexity index is 1080. The molecule has 0 N–H and O–H groups in total. The molecule has 1 unspecified atom stereocenters. The van der Waals surface area contributed by atoms with Gasteiger partial charge in [0.15, 0.2) is 0 Å². The van der Waals surface area contributed by atoms with Crippen LogP contribution in [0, 0.1) is 5.82 Å². The smallest absolute Gasteiger partial charge is 0.245 e. The number of piperazine rings is 1. The van der Waals surface area contributed by atoms with Gasteiger partial charge < -0.3 is 14.4 Å². The van der Waals surface area contributed by atoms with Crippen molar-refractivity contribution in [2.45, 2.75) is 30.2 Å². The molecule has 2 aromatic carbocycles. The molecule has 0 saturated carbocycles. The number of ether oxygens (including phenoxy) is 2. The summed E-state index contributed by atoms with van der Waals surface area (Å²) in [5.41, 5.74) is 1.40. The molecule has 1 atom stereocenters. The minimum Gasteiger partial charge on any atom is -0.369 e. The molecule has 2 saturated heterocycles. The van der Waals surface area contributed by atoms with Crippen molar-refractivity contribution >= 4 is 15.7 Å². The predicted octanol–water partition coefficient (Wildman–Crippen LogP) is 2.59. The number of fused-ring (bicyclic) bond motifs is 2. The Balaban J connectivity index is 1.51. The van der Waals surface area contributed by atoms with E-state index in [1.54, 1.807) is 28.6 Å². The number of hydrogen-bond acceptors (Lipinski definition) is 6. The van der Waals surface area contributed by atoms with Gasteiger partial charge in [-0.05, 0) is 30.7 Å². The van der Waals surface area contributed by atoms with Crippen molar-refractivity contribution in [1.29, 1.82) is 0 Å². The molecule has 0 radical (unpaired) electrons. The van der Waals surface area contributed by atoms with Gasteiger partial charge >= 0.3 is 0 Å². The lowest BCUT2D eigenvalue weighted by molar-refractivity contribution is -0.241. The topological polar surface area (TPSA) is 62.3 Å². The lowest BCUT2D eigenvalue weighted by atomic mass is 10.00. The highest BCUT2D eigenvalue weighted by Crippen LogP contribution is 2.47. The first kappa shape index (κ1) is 21.8. The summed E-state index contributed by atoms with van der Waals surface area (Å²) in [6, 6.07) is 13.6. The summed E-state index contributed by atoms with van der Waals surface area (Å²) in [5.74, 6) is -1.42. The Kier molecular flexibility index (Phi) is 5.71. The highest BCUT2D eigenvalue weighted by Gasteiger charge is 2.59. The van der Waals surface area contributed by atoms with Gasteiger partial charge in [-0.25, -0.2) is 12.8 Å². The number of rotatable bonds is 4. The molecule has 3 heterocycles. The average Bonchev–Trinajstić information content (AvgIpc) is 3.29. The molecule has 2 fully saturated rings. The van der Waals surface area contributed by atoms with Crippen molar-refractivity contribution in [2.75, 3.05) is 50.8 Å². The van der Waals surface area contributed by atoms with Gasteiger partial charge in [0, 0.05) is 44.0 Å². The zero-order valence-corrected chi connectivity index (χ0v) is 18.9. The third-order valence-corrected chi connectivity index (χ3v) is 8.37. The summed E-state index contributed by atoms with van der Waals surface area (Å²) in [7, 11) is -3.71. The summed E-state index contributed by atoms with van der Waals surface area (Å²) >= 11 is 0. The Labute approximate surface area is 188 Å². The monoisotopic (exact) mass is 461 g/mol. The van der Waals surface area contributed by atoms with Crippen LogP contribution in [0.15, 0.2) is 53.4 Å². The molecule has 32 heavy (non-hydrogen) atoms. The third kappa shape index (κ3) is 3.43. The fourth-order valence-electron chi connectivity index (χ4n) is 5.08. The maximum atomic E-state index is 13.7. The normalized spacial score (nSPS) is 25.2. The van der Waals surface area contributed by atoms with Crippen LogP contribution in [-0.2, 0) is 25.3 Å². The zero-order chi connectivity index (χ0) is 22.3. The summed E-state index contributed by atoms with van der Waals surface area (Å²) in [4.78, 5) is 4.52. The van der Waals surface area contributed by atoms with Crippen LogP contribution in [0.5, 0.6) is 0 Å². The summed E-state index contributed by atoms with van der Waals surface area (Å²) < 4.78 is 55.0. The van der Waals surface area contributed by atoms with Crippen molar-refractivity contribution in [3.05, 3.63) is 59.9 Å². The Morgan fingerprint density at radius 2 is 1.75 bits per heavy atom. The van der Waals surface area contributed by atoms with Crippen LogP contribution in [0.2, 0.25) is 0 Å². The fraction of sp³-hybridized carbons (Fsp3) is 0.478. The first-order valence-corrected chi connectivity index (χ1v) is 12.6. The van der Waals surface area contributed by atoms with E-state index in [0.717, 1.165) is 5.69 Å². The van der Waals surface area contributed by atoms with Crippen LogP contribution >= 0.6 is 0 Å². The fourth-order valence-corrected chi connectivity index (χ4v) is 7.03. The number of hydrogen-bond donors (Lipinski definition) is 0. The Morgan fingerprint density at radius 1 is 1.03 bits per heavy atom. The van der Waals surface area contributed by atoms with E-state index in [2.05, 4.69) is 9.80 Å². The quantitative estimate of drug-likeness (QED) is 0.698. The van der Waals surface area contributed by atoms with E-state index in [4.69, 9.17) is 9.47 Å². The van der Waals surface area contributed by atoms with Crippen molar-refractivity contribution < 1.29 is 22.3 Å². The van der Waals surface area contributed by atoms with Crippen molar-refractivity contribution in [1.82, 2.24) is 9.21 Å². The molecule has 9 heteroatoms. The van der Waals surface area contributed by atoms with Gasteiger partial charge in [-0.3, -0.25) is 4.90 Å². The van der Waals surface area contributed by atoms with E-state index < -0.39 is 22.0 Å². The van der Waals surface area contributed by atoms with Crippen LogP contribution in [0.1, 0.15) is 18.9 Å². The number of sulfonamides is 1. The van der Waals surface area contributed by atoms with Gasteiger partial charge in [0.25, 0.3) is 0 Å². The molecule has 1 spiro atoms. The van der Waals surface area contributed by atoms with Gasteiger partial charge in [-0.2, -0.15) is 4.31 Å². The summed E-state index contributed by atoms with van der Waals surface area (Å²) in [6.45, 7) is 5.68. The molecule has 0 amide bonds. The lowest BCUT2D eigenvalue weighted by Gasteiger charge is -2.52. The van der Waals surface area contributed by atoms with E-state index in [0.29, 0.717) is 57.9 Å². The summed E-state index contributed by atoms with van der Waals surface area (Å²) in [6.07, 6.45) is 0.0801. The minimum atomic E-state index is -3.71. The Morgan fingerprint density at radius 3 is 2.44 bits per heavy atom. The second kappa shape index (κ2) is 8.39. The molecule has 0 aromatic heterocycles. The number of anilines is 1. The van der Waals surface area contributed by atoms with Crippen LogP contribution in [0.3, 0.4) is 0 Å². The lowest BCUT2D eigenvalue weighted by Crippen LogP contribution is -2.67. The Hall–Kier alpha value is -2.04. The molecule has 7 nitrogen and oxygen atoms in total. The van der Waals surface area contributed by atoms with Crippen molar-refractivity contribution in [3.8, 4) is 0 Å². The molecular formula is C23H28FN3O4S. The maximum absolute atomic E-state index is 13.7. The van der Waals surface area contributed by atoms with Gasteiger partial charge in [-0.15, -0.1) is 0 Å². The van der Waals surface area contributed by atoms with E-state index >= 15 is 0 Å². The zero-order valence-electron chi connectivity index (χ0n) is 18.1. The van der Waals surface area contributed by atoms with E-state index in [1.165, 1.54) is 12.1 Å². The highest BCUT2D eigenvalue weighted by molar-refractivity contribution is 7.89. The van der Waals surface area contributed by atoms with Gasteiger partial charge in [0.05, 0.1) is 18.1 Å². The highest BCUT2D eigenvalue weighted by atomic mass is 32.2. The van der Waals surface area contributed by atoms with E-state index in [-0.39, 0.29) is 10.7 Å². The molecule has 0 aliphatic carbocycles. The van der Waals surface area contributed by atoms with E-state index in [9.17, 15) is 12.8 Å². The number of benzene rings is 2. The van der Waals surface area contributed by atoms with Crippen molar-refractivity contribution in [3.63, 3.8) is 0 Å². The maximum Gasteiger partial charge on any atom is 0.245 e. The van der Waals surface area contributed by atoms with Crippen LogP contribution in [-0.4, -0.2) is 69.7 Å². The number of halogens is 1. The molecular weight excluding hydrogens is 433 g/mol. The molecule has 2 aromatic rings. The third-order valence-electron chi connectivity index (χ3n) is 6.46. The van der Waals surface area contributed by atoms with E-state index in [1.807, 2.05) is 19.1 Å². The largest absolute Gasteiger partial charge is 0.369 e. The van der Waals surface area contributed by atoms with Gasteiger partial charge in [0.2, 0.25) is 15.8 Å². The minimum absolute atomic E-state index is 0.255. The predicted molar refractivity (Wildman–Crippen MR) is 118 cm³/mol.